The molecule has 16 heteroatoms. The average molecular weight is 809 g/mol. The molecule has 3 rings (SSSR count). The molecule has 1 N–H and O–H groups in total. The van der Waals surface area contributed by atoms with E-state index in [1.165, 1.54) is 23.5 Å². The summed E-state index contributed by atoms with van der Waals surface area (Å²) in [6.07, 6.45) is -0.775. The molecule has 0 aliphatic rings. The monoisotopic (exact) mass is 807 g/mol. The van der Waals surface area contributed by atoms with E-state index in [0.29, 0.717) is 21.3 Å². The number of phosphoric ester groups is 1. The van der Waals surface area contributed by atoms with Gasteiger partial charge in [-0.05, 0) is 116 Å². The number of carbonyl (C=O) groups is 1. The van der Waals surface area contributed by atoms with Crippen LogP contribution in [-0.4, -0.2) is 58.5 Å². The highest BCUT2D eigenvalue weighted by Crippen LogP contribution is 2.55. The number of hydrogen-bond donors (Lipinski definition) is 1. The lowest BCUT2D eigenvalue weighted by molar-refractivity contribution is -0.00235. The van der Waals surface area contributed by atoms with Crippen LogP contribution in [0.4, 0.5) is 9.18 Å². The maximum Gasteiger partial charge on any atom is 0.475 e. The van der Waals surface area contributed by atoms with Gasteiger partial charge in [0.1, 0.15) is 28.0 Å². The van der Waals surface area contributed by atoms with Crippen LogP contribution in [0.25, 0.3) is 21.1 Å². The van der Waals surface area contributed by atoms with Gasteiger partial charge in [0.2, 0.25) is 0 Å². The zero-order chi connectivity index (χ0) is 36.9. The Kier molecular flexibility index (Phi) is 13.7. The van der Waals surface area contributed by atoms with Crippen molar-refractivity contribution in [2.45, 2.75) is 105 Å². The van der Waals surface area contributed by atoms with E-state index in [1.807, 2.05) is 32.0 Å². The van der Waals surface area contributed by atoms with Gasteiger partial charge in [-0.2, -0.15) is 0 Å². The van der Waals surface area contributed by atoms with E-state index < -0.39 is 42.6 Å². The molecule has 2 aromatic carbocycles. The third-order valence-corrected chi connectivity index (χ3v) is 9.53. The van der Waals surface area contributed by atoms with Crippen LogP contribution < -0.4 is 14.8 Å². The quantitative estimate of drug-likeness (QED) is 0.167. The van der Waals surface area contributed by atoms with E-state index in [1.54, 1.807) is 62.3 Å². The number of halogens is 3. The van der Waals surface area contributed by atoms with E-state index in [2.05, 4.69) is 31.4 Å². The summed E-state index contributed by atoms with van der Waals surface area (Å²) in [6, 6.07) is 7.10. The van der Waals surface area contributed by atoms with Crippen molar-refractivity contribution in [3.8, 4) is 32.6 Å². The molecule has 0 unspecified atom stereocenters. The molecule has 1 heterocycles. The van der Waals surface area contributed by atoms with Crippen LogP contribution in [0.5, 0.6) is 11.5 Å². The number of ether oxygens (including phenoxy) is 3. The Hall–Kier alpha value is -2.32. The predicted molar refractivity (Wildman–Crippen MR) is 193 cm³/mol. The molecule has 3 aromatic rings. The number of amides is 1. The number of nitrogens with zero attached hydrogens (tertiary/aromatic N) is 2. The smallest absolute Gasteiger partial charge is 0.475 e. The first kappa shape index (κ1) is 41.1. The fraction of sp³-hybridized carbons (Fsp3) is 0.545. The van der Waals surface area contributed by atoms with Crippen molar-refractivity contribution in [2.75, 3.05) is 13.2 Å². The van der Waals surface area contributed by atoms with Crippen molar-refractivity contribution in [2.24, 2.45) is 0 Å². The summed E-state index contributed by atoms with van der Waals surface area (Å²) in [7, 11) is -4.15. The van der Waals surface area contributed by atoms with Gasteiger partial charge in [0.25, 0.3) is 0 Å². The van der Waals surface area contributed by atoms with E-state index in [4.69, 9.17) is 39.4 Å². The minimum Gasteiger partial charge on any atom is -0.490 e. The molecule has 1 atom stereocenters. The minimum absolute atomic E-state index is 0.0134. The Morgan fingerprint density at radius 3 is 2.10 bits per heavy atom. The zero-order valence-corrected chi connectivity index (χ0v) is 33.7. The van der Waals surface area contributed by atoms with E-state index >= 15 is 4.39 Å². The van der Waals surface area contributed by atoms with Gasteiger partial charge in [0.05, 0.1) is 39.5 Å². The zero-order valence-electron chi connectivity index (χ0n) is 29.6. The largest absolute Gasteiger partial charge is 0.490 e. The van der Waals surface area contributed by atoms with Crippen LogP contribution in [0.1, 0.15) is 76.2 Å². The van der Waals surface area contributed by atoms with Gasteiger partial charge in [-0.1, -0.05) is 22.9 Å². The van der Waals surface area contributed by atoms with Crippen LogP contribution in [-0.2, 0) is 22.9 Å². The molecular formula is C33H45BrClFN3O8PS. The second kappa shape index (κ2) is 16.4. The van der Waals surface area contributed by atoms with Crippen molar-refractivity contribution in [1.29, 1.82) is 0 Å². The summed E-state index contributed by atoms with van der Waals surface area (Å²) >= 11 is 11.4. The first-order chi connectivity index (χ1) is 22.4. The summed E-state index contributed by atoms with van der Waals surface area (Å²) < 4.78 is 63.8. The number of alkyl carbamates (subject to hydrolysis) is 1. The van der Waals surface area contributed by atoms with Crippen LogP contribution in [0.3, 0.4) is 0 Å². The number of carbonyl (C=O) groups excluding carboxylic acids is 1. The van der Waals surface area contributed by atoms with Gasteiger partial charge in [-0.3, -0.25) is 13.6 Å². The lowest BCUT2D eigenvalue weighted by atomic mass is 10.2. The van der Waals surface area contributed by atoms with Gasteiger partial charge >= 0.3 is 13.9 Å². The molecule has 0 bridgehead atoms. The number of benzene rings is 2. The number of phosphoric acid groups is 1. The average Bonchev–Trinajstić information content (AvgIpc) is 3.39. The molecule has 0 saturated carbocycles. The molecule has 11 nitrogen and oxygen atoms in total. The minimum atomic E-state index is -4.15. The van der Waals surface area contributed by atoms with Crippen LogP contribution in [0.2, 0.25) is 5.02 Å². The Morgan fingerprint density at radius 2 is 1.55 bits per heavy atom. The van der Waals surface area contributed by atoms with Crippen molar-refractivity contribution in [3.63, 3.8) is 0 Å². The Labute approximate surface area is 305 Å². The number of nitrogens with one attached hydrogen (secondary N) is 1. The van der Waals surface area contributed by atoms with Gasteiger partial charge in [-0.15, -0.1) is 10.2 Å². The van der Waals surface area contributed by atoms with Crippen LogP contribution >= 0.6 is 46.7 Å². The van der Waals surface area contributed by atoms with E-state index in [9.17, 15) is 9.36 Å². The molecular weight excluding hydrogens is 764 g/mol. The van der Waals surface area contributed by atoms with Gasteiger partial charge < -0.3 is 19.5 Å². The van der Waals surface area contributed by atoms with Crippen molar-refractivity contribution < 1.29 is 41.5 Å². The molecule has 0 fully saturated rings. The van der Waals surface area contributed by atoms with Gasteiger partial charge in [-0.25, -0.2) is 13.8 Å². The van der Waals surface area contributed by atoms with Crippen molar-refractivity contribution >= 4 is 52.8 Å². The highest BCUT2D eigenvalue weighted by Gasteiger charge is 2.38. The SMILES string of the molecule is CC(C)Oc1ccc(-c2nnc(-c3cc(F)c(OC[C@H](COP(=O)(OC(C)(C)C)OC(C)(C)C)NC(=O)OC(C)(C)C)cc3Cl)s2)cc1Br. The van der Waals surface area contributed by atoms with Crippen LogP contribution in [0, 0.1) is 5.82 Å². The molecule has 1 amide bonds. The number of rotatable bonds is 13. The molecule has 0 aliphatic heterocycles. The fourth-order valence-electron chi connectivity index (χ4n) is 3.95. The predicted octanol–water partition coefficient (Wildman–Crippen LogP) is 10.2. The lowest BCUT2D eigenvalue weighted by Gasteiger charge is -2.32. The summed E-state index contributed by atoms with van der Waals surface area (Å²) in [6.45, 7) is 18.5. The van der Waals surface area contributed by atoms with Crippen LogP contribution in [0.15, 0.2) is 34.8 Å². The fourth-order valence-corrected chi connectivity index (χ4v) is 7.44. The maximum atomic E-state index is 15.5. The first-order valence-corrected chi connectivity index (χ1v) is 18.9. The van der Waals surface area contributed by atoms with Gasteiger partial charge in [0.15, 0.2) is 11.6 Å². The Morgan fingerprint density at radius 1 is 0.939 bits per heavy atom. The normalized spacial score (nSPS) is 13.4. The second-order valence-electron chi connectivity index (χ2n) is 14.3. The Balaban J connectivity index is 1.81. The first-order valence-electron chi connectivity index (χ1n) is 15.5. The van der Waals surface area contributed by atoms with Crippen molar-refractivity contribution in [3.05, 3.63) is 45.6 Å². The number of aromatic nitrogens is 2. The molecule has 272 valence electrons. The second-order valence-corrected chi connectivity index (χ2v) is 18.0. The summed E-state index contributed by atoms with van der Waals surface area (Å²) in [5.41, 5.74) is -1.46. The van der Waals surface area contributed by atoms with Crippen molar-refractivity contribution in [1.82, 2.24) is 15.5 Å². The maximum absolute atomic E-state index is 15.5. The lowest BCUT2D eigenvalue weighted by Crippen LogP contribution is -2.44. The molecule has 1 aromatic heterocycles. The highest BCUT2D eigenvalue weighted by atomic mass is 79.9. The molecule has 0 spiro atoms. The summed E-state index contributed by atoms with van der Waals surface area (Å²) in [5.74, 6) is -0.229. The third kappa shape index (κ3) is 13.7. The summed E-state index contributed by atoms with van der Waals surface area (Å²) in [5, 5.41) is 12.3. The Bertz CT molecular complexity index is 1640. The third-order valence-electron chi connectivity index (χ3n) is 5.58. The standard InChI is InChI=1S/C33H45BrClFN3O8PS/c1-19(2)44-26-13-12-20(14-23(26)34)28-38-39-29(49-28)22-15-25(36)27(16-24(22)35)42-17-21(37-30(40)45-31(3,4)5)18-43-48(41,46-32(6,7)8)47-33(9,10)11/h12-16,19,21H,17-18H2,1-11H3,(H,37,40)/t21-/m1/s1. The van der Waals surface area contributed by atoms with E-state index in [-0.39, 0.29) is 30.1 Å². The highest BCUT2D eigenvalue weighted by molar-refractivity contribution is 9.10. The molecule has 0 aliphatic carbocycles. The molecule has 0 saturated heterocycles. The van der Waals surface area contributed by atoms with E-state index in [0.717, 1.165) is 10.0 Å². The van der Waals surface area contributed by atoms with Gasteiger partial charge in [0, 0.05) is 17.2 Å². The number of hydrogen-bond acceptors (Lipinski definition) is 11. The molecule has 49 heavy (non-hydrogen) atoms. The topological polar surface area (TPSA) is 127 Å². The molecule has 0 radical (unpaired) electrons. The summed E-state index contributed by atoms with van der Waals surface area (Å²) in [4.78, 5) is 12.7.